The molecule has 15 heavy (non-hydrogen) atoms. The topological polar surface area (TPSA) is 121 Å². The van der Waals surface area contributed by atoms with Gasteiger partial charge in [-0.05, 0) is 0 Å². The molecule has 1 aliphatic rings. The molecule has 8 heteroatoms. The Bertz CT molecular complexity index is 306. The van der Waals surface area contributed by atoms with Gasteiger partial charge in [0, 0.05) is 0 Å². The molecule has 0 bridgehead atoms. The number of nitrogens with one attached hydrogen (secondary N) is 1. The highest BCUT2D eigenvalue weighted by Gasteiger charge is 2.44. The summed E-state index contributed by atoms with van der Waals surface area (Å²) >= 11 is 0. The molecule has 0 radical (unpaired) electrons. The Morgan fingerprint density at radius 1 is 1.47 bits per heavy atom. The molecule has 1 saturated heterocycles. The van der Waals surface area contributed by atoms with Crippen molar-refractivity contribution < 1.29 is 24.8 Å². The lowest BCUT2D eigenvalue weighted by molar-refractivity contribution is -0.118. The lowest BCUT2D eigenvalue weighted by atomic mass is 10.1. The lowest BCUT2D eigenvalue weighted by Crippen LogP contribution is -2.35. The van der Waals surface area contributed by atoms with Crippen molar-refractivity contribution in [1.82, 2.24) is 15.4 Å². The van der Waals surface area contributed by atoms with E-state index in [1.807, 2.05) is 0 Å². The van der Waals surface area contributed by atoms with E-state index >= 15 is 0 Å². The minimum absolute atomic E-state index is 0.143. The van der Waals surface area contributed by atoms with Crippen LogP contribution in [0.15, 0.2) is 6.20 Å². The molecule has 1 unspecified atom stereocenters. The van der Waals surface area contributed by atoms with Gasteiger partial charge in [-0.15, -0.1) is 0 Å². The zero-order valence-electron chi connectivity index (χ0n) is 7.65. The predicted molar refractivity (Wildman–Crippen MR) is 44.8 cm³/mol. The van der Waals surface area contributed by atoms with E-state index in [9.17, 15) is 10.2 Å². The Balaban J connectivity index is 1.99. The number of aliphatic hydroxyl groups excluding tert-OH is 3. The second-order valence-electron chi connectivity index (χ2n) is 3.14. The third-order valence-corrected chi connectivity index (χ3v) is 2.13. The number of rotatable bonds is 3. The summed E-state index contributed by atoms with van der Waals surface area (Å²) in [6.07, 6.45) is -2.93. The predicted octanol–water partition coefficient (Wildman–Crippen LogP) is -2.38. The van der Waals surface area contributed by atoms with Crippen LogP contribution < -0.4 is 4.74 Å². The first-order valence-electron chi connectivity index (χ1n) is 4.38. The number of aliphatic hydroxyl groups is 3. The summed E-state index contributed by atoms with van der Waals surface area (Å²) < 4.78 is 10.1. The molecular weight excluding hydrogens is 206 g/mol. The average Bonchev–Trinajstić information content (AvgIpc) is 2.82. The number of aromatic nitrogens is 3. The Morgan fingerprint density at radius 3 is 2.80 bits per heavy atom. The van der Waals surface area contributed by atoms with E-state index in [1.54, 1.807) is 0 Å². The van der Waals surface area contributed by atoms with E-state index in [4.69, 9.17) is 14.6 Å². The largest absolute Gasteiger partial charge is 0.443 e. The Labute approximate surface area is 84.4 Å². The minimum atomic E-state index is -1.22. The number of hydrogen-bond acceptors (Lipinski definition) is 7. The fraction of sp³-hybridized carbons (Fsp3) is 0.714. The molecule has 1 aliphatic heterocycles. The Morgan fingerprint density at radius 2 is 2.27 bits per heavy atom. The van der Waals surface area contributed by atoms with Crippen molar-refractivity contribution in [1.29, 1.82) is 0 Å². The fourth-order valence-electron chi connectivity index (χ4n) is 1.33. The maximum absolute atomic E-state index is 9.49. The summed E-state index contributed by atoms with van der Waals surface area (Å²) in [6, 6.07) is 0. The molecule has 0 spiro atoms. The first kappa shape index (κ1) is 10.3. The summed E-state index contributed by atoms with van der Waals surface area (Å²) in [5.41, 5.74) is 0. The highest BCUT2D eigenvalue weighted by atomic mass is 16.7. The molecule has 1 fully saturated rings. The van der Waals surface area contributed by atoms with Crippen molar-refractivity contribution in [3.63, 3.8) is 0 Å². The van der Waals surface area contributed by atoms with Crippen LogP contribution in [-0.4, -0.2) is 61.9 Å². The molecule has 0 amide bonds. The van der Waals surface area contributed by atoms with Gasteiger partial charge in [0.25, 0.3) is 5.88 Å². The summed E-state index contributed by atoms with van der Waals surface area (Å²) in [7, 11) is 0. The van der Waals surface area contributed by atoms with Crippen molar-refractivity contribution in [3.8, 4) is 5.88 Å². The van der Waals surface area contributed by atoms with E-state index < -0.39 is 31.2 Å². The van der Waals surface area contributed by atoms with Gasteiger partial charge in [0.15, 0.2) is 0 Å². The van der Waals surface area contributed by atoms with Crippen molar-refractivity contribution >= 4 is 0 Å². The van der Waals surface area contributed by atoms with Crippen molar-refractivity contribution in [3.05, 3.63) is 6.20 Å². The molecule has 2 heterocycles. The van der Waals surface area contributed by atoms with E-state index in [2.05, 4.69) is 15.4 Å². The van der Waals surface area contributed by atoms with Gasteiger partial charge in [0.05, 0.1) is 12.8 Å². The molecule has 1 aromatic rings. The van der Waals surface area contributed by atoms with Crippen LogP contribution in [0.5, 0.6) is 5.88 Å². The van der Waals surface area contributed by atoms with Gasteiger partial charge in [-0.2, -0.15) is 0 Å². The molecule has 4 N–H and O–H groups in total. The molecule has 2 rings (SSSR count). The van der Waals surface area contributed by atoms with Gasteiger partial charge >= 0.3 is 0 Å². The van der Waals surface area contributed by atoms with Crippen LogP contribution in [-0.2, 0) is 4.74 Å². The molecule has 1 aromatic heterocycles. The monoisotopic (exact) mass is 217 g/mol. The van der Waals surface area contributed by atoms with Crippen LogP contribution in [0.25, 0.3) is 0 Å². The highest BCUT2D eigenvalue weighted by Crippen LogP contribution is 2.22. The molecule has 0 aromatic carbocycles. The van der Waals surface area contributed by atoms with Gasteiger partial charge < -0.3 is 24.8 Å². The van der Waals surface area contributed by atoms with Gasteiger partial charge in [0.2, 0.25) is 6.29 Å². The maximum atomic E-state index is 9.49. The fourth-order valence-corrected chi connectivity index (χ4v) is 1.33. The first-order valence-corrected chi connectivity index (χ1v) is 4.38. The van der Waals surface area contributed by atoms with Crippen LogP contribution in [0.2, 0.25) is 0 Å². The Kier molecular flexibility index (Phi) is 2.82. The van der Waals surface area contributed by atoms with Gasteiger partial charge in [0.1, 0.15) is 18.3 Å². The van der Waals surface area contributed by atoms with E-state index in [0.717, 1.165) is 0 Å². The second-order valence-corrected chi connectivity index (χ2v) is 3.14. The van der Waals surface area contributed by atoms with Gasteiger partial charge in [-0.3, -0.25) is 5.10 Å². The molecule has 0 saturated carbocycles. The summed E-state index contributed by atoms with van der Waals surface area (Å²) in [4.78, 5) is 0. The number of ether oxygens (including phenoxy) is 2. The second kappa shape index (κ2) is 4.11. The number of hydrogen-bond donors (Lipinski definition) is 4. The first-order chi connectivity index (χ1) is 7.22. The smallest absolute Gasteiger partial charge is 0.255 e. The third kappa shape index (κ3) is 1.92. The summed E-state index contributed by atoms with van der Waals surface area (Å²) in [5.74, 6) is 0.143. The third-order valence-electron chi connectivity index (χ3n) is 2.13. The zero-order valence-corrected chi connectivity index (χ0v) is 7.65. The van der Waals surface area contributed by atoms with E-state index in [-0.39, 0.29) is 5.88 Å². The molecular formula is C7H11N3O5. The zero-order chi connectivity index (χ0) is 10.8. The van der Waals surface area contributed by atoms with Crippen LogP contribution in [0.4, 0.5) is 0 Å². The quantitative estimate of drug-likeness (QED) is 0.446. The van der Waals surface area contributed by atoms with Crippen LogP contribution in [0, 0.1) is 0 Å². The average molecular weight is 217 g/mol. The Hall–Kier alpha value is -1.22. The standard InChI is InChI=1S/C7H11N3O5/c11-2-3-5(12)6(13)7(14-3)15-4-1-8-10-9-4/h1,3,5-7,11-13H,2H2,(H,8,9,10)/t3-,5-,6-,7?/m1/s1. The van der Waals surface area contributed by atoms with Gasteiger partial charge in [-0.1, -0.05) is 10.3 Å². The SMILES string of the molecule is OC[C@H]1OC(Oc2c[nH]nn2)[C@H](O)[C@@H]1O. The van der Waals surface area contributed by atoms with Crippen molar-refractivity contribution in [2.45, 2.75) is 24.6 Å². The van der Waals surface area contributed by atoms with Gasteiger partial charge in [-0.25, -0.2) is 0 Å². The highest BCUT2D eigenvalue weighted by molar-refractivity contribution is 5.00. The molecule has 8 nitrogen and oxygen atoms in total. The number of nitrogens with zero attached hydrogens (tertiary/aromatic N) is 2. The number of aromatic amines is 1. The summed E-state index contributed by atoms with van der Waals surface area (Å²) in [5, 5.41) is 37.0. The van der Waals surface area contributed by atoms with E-state index in [1.165, 1.54) is 6.20 Å². The normalized spacial score (nSPS) is 35.7. The molecule has 4 atom stereocenters. The van der Waals surface area contributed by atoms with Crippen LogP contribution in [0.3, 0.4) is 0 Å². The number of H-pyrrole nitrogens is 1. The van der Waals surface area contributed by atoms with Crippen LogP contribution in [0.1, 0.15) is 0 Å². The lowest BCUT2D eigenvalue weighted by Gasteiger charge is -2.13. The minimum Gasteiger partial charge on any atom is -0.443 e. The van der Waals surface area contributed by atoms with E-state index in [0.29, 0.717) is 0 Å². The molecule has 0 aliphatic carbocycles. The van der Waals surface area contributed by atoms with Crippen molar-refractivity contribution in [2.24, 2.45) is 0 Å². The molecule has 84 valence electrons. The summed E-state index contributed by atoms with van der Waals surface area (Å²) in [6.45, 7) is -0.392. The van der Waals surface area contributed by atoms with Crippen LogP contribution >= 0.6 is 0 Å². The maximum Gasteiger partial charge on any atom is 0.255 e. The van der Waals surface area contributed by atoms with Crippen molar-refractivity contribution in [2.75, 3.05) is 6.61 Å².